The second-order valence-electron chi connectivity index (χ2n) is 7.61. The molecule has 0 radical (unpaired) electrons. The average molecular weight is 443 g/mol. The fourth-order valence-electron chi connectivity index (χ4n) is 3.75. The fourth-order valence-corrected chi connectivity index (χ4v) is 4.05. The molecule has 4 rings (SSSR count). The maximum absolute atomic E-state index is 12.5. The van der Waals surface area contributed by atoms with Gasteiger partial charge in [0, 0.05) is 29.7 Å². The van der Waals surface area contributed by atoms with Gasteiger partial charge in [-0.15, -0.1) is 0 Å². The smallest absolute Gasteiger partial charge is 0.255 e. The topological polar surface area (TPSA) is 57.3 Å². The number of likely N-dealkylation sites (tertiary alicyclic amines) is 1. The number of hydrogen-bond acceptors (Lipinski definition) is 4. The Kier molecular flexibility index (Phi) is 6.42. The summed E-state index contributed by atoms with van der Waals surface area (Å²) in [7, 11) is 0. The van der Waals surface area contributed by atoms with Gasteiger partial charge in [0.05, 0.1) is 15.6 Å². The van der Waals surface area contributed by atoms with E-state index in [1.165, 1.54) is 25.9 Å². The molecule has 5 nitrogen and oxygen atoms in total. The molecular formula is C23H24Cl2N4O. The van der Waals surface area contributed by atoms with Crippen molar-refractivity contribution in [3.05, 3.63) is 63.6 Å². The van der Waals surface area contributed by atoms with Crippen LogP contribution in [-0.2, 0) is 0 Å². The van der Waals surface area contributed by atoms with Crippen molar-refractivity contribution >= 4 is 51.5 Å². The lowest BCUT2D eigenvalue weighted by Crippen LogP contribution is -2.26. The van der Waals surface area contributed by atoms with Crippen LogP contribution in [0.3, 0.4) is 0 Å². The second kappa shape index (κ2) is 9.21. The summed E-state index contributed by atoms with van der Waals surface area (Å²) in [6, 6.07) is 12.6. The van der Waals surface area contributed by atoms with Gasteiger partial charge in [-0.25, -0.2) is 4.98 Å². The molecular weight excluding hydrogens is 419 g/mol. The number of nitrogens with one attached hydrogen (secondary N) is 2. The summed E-state index contributed by atoms with van der Waals surface area (Å²) in [5.41, 5.74) is 3.16. The summed E-state index contributed by atoms with van der Waals surface area (Å²) < 4.78 is 0. The first-order chi connectivity index (χ1) is 14.5. The molecule has 0 atom stereocenters. The van der Waals surface area contributed by atoms with Gasteiger partial charge in [0.1, 0.15) is 5.82 Å². The van der Waals surface area contributed by atoms with Crippen molar-refractivity contribution in [1.82, 2.24) is 9.88 Å². The number of rotatable bonds is 6. The zero-order valence-corrected chi connectivity index (χ0v) is 18.4. The van der Waals surface area contributed by atoms with Gasteiger partial charge in [0.25, 0.3) is 5.91 Å². The maximum atomic E-state index is 12.5. The number of pyridine rings is 1. The maximum Gasteiger partial charge on any atom is 0.255 e. The number of fused-ring (bicyclic) bond motifs is 1. The quantitative estimate of drug-likeness (QED) is 0.520. The Hall–Kier alpha value is -2.34. The van der Waals surface area contributed by atoms with Crippen molar-refractivity contribution in [3.63, 3.8) is 0 Å². The molecule has 1 aromatic heterocycles. The monoisotopic (exact) mass is 442 g/mol. The molecule has 3 aromatic rings. The number of benzene rings is 2. The molecule has 0 unspecified atom stereocenters. The summed E-state index contributed by atoms with van der Waals surface area (Å²) in [6.07, 6.45) is 2.61. The van der Waals surface area contributed by atoms with Gasteiger partial charge in [-0.2, -0.15) is 0 Å². The molecule has 156 valence electrons. The number of hydrogen-bond donors (Lipinski definition) is 2. The average Bonchev–Trinajstić information content (AvgIpc) is 3.24. The summed E-state index contributed by atoms with van der Waals surface area (Å²) in [6.45, 7) is 6.37. The van der Waals surface area contributed by atoms with Crippen LogP contribution in [0.2, 0.25) is 10.0 Å². The van der Waals surface area contributed by atoms with Gasteiger partial charge in [-0.05, 0) is 80.9 Å². The first kappa shape index (κ1) is 20.9. The third kappa shape index (κ3) is 4.86. The summed E-state index contributed by atoms with van der Waals surface area (Å²) in [5.74, 6) is 0.644. The first-order valence-corrected chi connectivity index (χ1v) is 10.9. The Balaban J connectivity index is 1.46. The van der Waals surface area contributed by atoms with Gasteiger partial charge in [-0.1, -0.05) is 23.2 Å². The molecule has 0 aliphatic carbocycles. The lowest BCUT2D eigenvalue weighted by atomic mass is 10.1. The standard InChI is InChI=1S/C23H24Cl2N4O/c1-15-12-22(26-8-11-29-9-2-3-10-29)28-21-7-5-17(14-18(15)21)27-23(30)16-4-6-19(24)20(25)13-16/h4-7,12-14H,2-3,8-11H2,1H3,(H,26,28)(H,27,30). The number of aryl methyl sites for hydroxylation is 1. The molecule has 1 fully saturated rings. The third-order valence-electron chi connectivity index (χ3n) is 5.39. The molecule has 0 spiro atoms. The third-order valence-corrected chi connectivity index (χ3v) is 6.13. The Labute approximate surface area is 186 Å². The Bertz CT molecular complexity index is 1080. The zero-order valence-electron chi connectivity index (χ0n) is 16.8. The van der Waals surface area contributed by atoms with Crippen LogP contribution in [0.5, 0.6) is 0 Å². The van der Waals surface area contributed by atoms with Crippen molar-refractivity contribution in [1.29, 1.82) is 0 Å². The Morgan fingerprint density at radius 2 is 1.87 bits per heavy atom. The van der Waals surface area contributed by atoms with Crippen LogP contribution >= 0.6 is 23.2 Å². The van der Waals surface area contributed by atoms with E-state index in [9.17, 15) is 4.79 Å². The van der Waals surface area contributed by atoms with Crippen LogP contribution in [0.15, 0.2) is 42.5 Å². The first-order valence-electron chi connectivity index (χ1n) is 10.1. The number of aromatic nitrogens is 1. The molecule has 1 aliphatic heterocycles. The van der Waals surface area contributed by atoms with Crippen LogP contribution in [0.1, 0.15) is 28.8 Å². The minimum absolute atomic E-state index is 0.237. The SMILES string of the molecule is Cc1cc(NCCN2CCCC2)nc2ccc(NC(=O)c3ccc(Cl)c(Cl)c3)cc12. The molecule has 1 aliphatic rings. The molecule has 30 heavy (non-hydrogen) atoms. The lowest BCUT2D eigenvalue weighted by molar-refractivity contribution is 0.102. The van der Waals surface area contributed by atoms with Crippen molar-refractivity contribution in [2.24, 2.45) is 0 Å². The van der Waals surface area contributed by atoms with Gasteiger partial charge >= 0.3 is 0 Å². The summed E-state index contributed by atoms with van der Waals surface area (Å²) in [4.78, 5) is 19.7. The predicted octanol–water partition coefficient (Wildman–Crippen LogP) is 5.61. The number of carbonyl (C=O) groups excluding carboxylic acids is 1. The van der Waals surface area contributed by atoms with E-state index in [4.69, 9.17) is 28.2 Å². The highest BCUT2D eigenvalue weighted by Crippen LogP contribution is 2.26. The fraction of sp³-hybridized carbons (Fsp3) is 0.304. The zero-order chi connectivity index (χ0) is 21.1. The summed E-state index contributed by atoms with van der Waals surface area (Å²) >= 11 is 11.9. The number of halogens is 2. The lowest BCUT2D eigenvalue weighted by Gasteiger charge is -2.16. The van der Waals surface area contributed by atoms with E-state index in [2.05, 4.69) is 28.5 Å². The molecule has 1 amide bonds. The molecule has 2 aromatic carbocycles. The van der Waals surface area contributed by atoms with E-state index in [0.29, 0.717) is 21.3 Å². The van der Waals surface area contributed by atoms with Gasteiger partial charge in [0.15, 0.2) is 0 Å². The number of carbonyl (C=O) groups is 1. The van der Waals surface area contributed by atoms with Crippen molar-refractivity contribution < 1.29 is 4.79 Å². The number of nitrogens with zero attached hydrogens (tertiary/aromatic N) is 2. The Morgan fingerprint density at radius 3 is 2.63 bits per heavy atom. The van der Waals surface area contributed by atoms with Crippen molar-refractivity contribution in [3.8, 4) is 0 Å². The number of amides is 1. The van der Waals surface area contributed by atoms with Crippen LogP contribution in [0.4, 0.5) is 11.5 Å². The van der Waals surface area contributed by atoms with Crippen LogP contribution in [0.25, 0.3) is 10.9 Å². The Morgan fingerprint density at radius 1 is 1.07 bits per heavy atom. The van der Waals surface area contributed by atoms with Gasteiger partial charge in [-0.3, -0.25) is 4.79 Å². The van der Waals surface area contributed by atoms with E-state index in [-0.39, 0.29) is 5.91 Å². The highest BCUT2D eigenvalue weighted by molar-refractivity contribution is 6.42. The minimum Gasteiger partial charge on any atom is -0.369 e. The van der Waals surface area contributed by atoms with Crippen LogP contribution < -0.4 is 10.6 Å². The minimum atomic E-state index is -0.237. The molecule has 2 heterocycles. The van der Waals surface area contributed by atoms with Gasteiger partial charge in [0.2, 0.25) is 0 Å². The molecule has 2 N–H and O–H groups in total. The van der Waals surface area contributed by atoms with E-state index in [1.54, 1.807) is 18.2 Å². The molecule has 0 saturated carbocycles. The van der Waals surface area contributed by atoms with Crippen molar-refractivity contribution in [2.75, 3.05) is 36.8 Å². The summed E-state index contributed by atoms with van der Waals surface area (Å²) in [5, 5.41) is 8.13. The normalized spacial score (nSPS) is 14.2. The van der Waals surface area contributed by atoms with Crippen LogP contribution in [-0.4, -0.2) is 42.0 Å². The van der Waals surface area contributed by atoms with E-state index in [0.717, 1.165) is 35.4 Å². The highest BCUT2D eigenvalue weighted by Gasteiger charge is 2.12. The molecule has 7 heteroatoms. The molecule has 0 bridgehead atoms. The van der Waals surface area contributed by atoms with Gasteiger partial charge < -0.3 is 15.5 Å². The number of anilines is 2. The van der Waals surface area contributed by atoms with E-state index in [1.807, 2.05) is 18.2 Å². The second-order valence-corrected chi connectivity index (χ2v) is 8.43. The predicted molar refractivity (Wildman–Crippen MR) is 125 cm³/mol. The van der Waals surface area contributed by atoms with E-state index >= 15 is 0 Å². The molecule has 1 saturated heterocycles. The van der Waals surface area contributed by atoms with Crippen LogP contribution in [0, 0.1) is 6.92 Å². The highest BCUT2D eigenvalue weighted by atomic mass is 35.5. The largest absolute Gasteiger partial charge is 0.369 e. The van der Waals surface area contributed by atoms with E-state index < -0.39 is 0 Å². The van der Waals surface area contributed by atoms with Crippen molar-refractivity contribution in [2.45, 2.75) is 19.8 Å².